The molecule has 0 bridgehead atoms. The zero-order chi connectivity index (χ0) is 16.3. The van der Waals surface area contributed by atoms with Gasteiger partial charge in [-0.3, -0.25) is 9.69 Å². The minimum absolute atomic E-state index is 0.0997. The normalized spacial score (nSPS) is 23.1. The van der Waals surface area contributed by atoms with E-state index in [1.807, 2.05) is 4.90 Å². The van der Waals surface area contributed by atoms with E-state index in [-0.39, 0.29) is 5.91 Å². The van der Waals surface area contributed by atoms with Gasteiger partial charge in [-0.25, -0.2) is 0 Å². The van der Waals surface area contributed by atoms with Crippen molar-refractivity contribution in [2.45, 2.75) is 25.9 Å². The number of piperazine rings is 1. The number of rotatable bonds is 4. The smallest absolute Gasteiger partial charge is 0.253 e. The number of carbonyl (C=O) groups excluding carboxylic acids is 1. The lowest BCUT2D eigenvalue weighted by Crippen LogP contribution is -2.59. The maximum absolute atomic E-state index is 12.6. The van der Waals surface area contributed by atoms with Crippen molar-refractivity contribution in [3.63, 3.8) is 0 Å². The van der Waals surface area contributed by atoms with Gasteiger partial charge in [-0.15, -0.1) is 0 Å². The van der Waals surface area contributed by atoms with Crippen LogP contribution in [0.2, 0.25) is 5.02 Å². The molecule has 5 heteroatoms. The first-order chi connectivity index (χ1) is 10.4. The number of nitrogens with zero attached hydrogens (tertiary/aromatic N) is 3. The molecule has 2 atom stereocenters. The molecule has 1 aliphatic heterocycles. The molecule has 122 valence electrons. The lowest BCUT2D eigenvalue weighted by molar-refractivity contribution is 0.0283. The Balaban J connectivity index is 2.01. The van der Waals surface area contributed by atoms with Crippen molar-refractivity contribution in [3.05, 3.63) is 34.9 Å². The monoisotopic (exact) mass is 323 g/mol. The van der Waals surface area contributed by atoms with Gasteiger partial charge in [-0.1, -0.05) is 11.6 Å². The van der Waals surface area contributed by atoms with Gasteiger partial charge in [0, 0.05) is 48.8 Å². The van der Waals surface area contributed by atoms with E-state index < -0.39 is 0 Å². The summed E-state index contributed by atoms with van der Waals surface area (Å²) in [4.78, 5) is 19.3. The third-order valence-electron chi connectivity index (χ3n) is 4.29. The molecule has 4 nitrogen and oxygen atoms in total. The minimum Gasteiger partial charge on any atom is -0.336 e. The Morgan fingerprint density at radius 1 is 1.18 bits per heavy atom. The van der Waals surface area contributed by atoms with Crippen molar-refractivity contribution in [3.8, 4) is 0 Å². The van der Waals surface area contributed by atoms with E-state index in [9.17, 15) is 4.79 Å². The number of halogens is 1. The Bertz CT molecular complexity index is 491. The summed E-state index contributed by atoms with van der Waals surface area (Å²) in [7, 11) is 4.19. The standard InChI is InChI=1S/C17H26ClN3O/c1-13-11-20(12-14(2)21(13)10-9-19(3)4)17(22)15-5-7-16(18)8-6-15/h5-8,13-14H,9-12H2,1-4H3. The minimum atomic E-state index is 0.0997. The Morgan fingerprint density at radius 3 is 2.23 bits per heavy atom. The molecule has 0 saturated carbocycles. The highest BCUT2D eigenvalue weighted by atomic mass is 35.5. The Morgan fingerprint density at radius 2 is 1.73 bits per heavy atom. The van der Waals surface area contributed by atoms with Crippen LogP contribution >= 0.6 is 11.6 Å². The van der Waals surface area contributed by atoms with E-state index in [4.69, 9.17) is 11.6 Å². The molecule has 2 rings (SSSR count). The molecule has 1 fully saturated rings. The van der Waals surface area contributed by atoms with Gasteiger partial charge in [-0.2, -0.15) is 0 Å². The molecule has 1 aromatic carbocycles. The number of carbonyl (C=O) groups is 1. The molecule has 0 radical (unpaired) electrons. The Labute approximate surface area is 138 Å². The quantitative estimate of drug-likeness (QED) is 0.851. The first-order valence-corrected chi connectivity index (χ1v) is 8.21. The summed E-state index contributed by atoms with van der Waals surface area (Å²) < 4.78 is 0. The van der Waals surface area contributed by atoms with Crippen LogP contribution in [0.15, 0.2) is 24.3 Å². The molecule has 1 aliphatic rings. The zero-order valence-corrected chi connectivity index (χ0v) is 14.7. The Hall–Kier alpha value is -1.10. The molecule has 1 amide bonds. The topological polar surface area (TPSA) is 26.8 Å². The van der Waals surface area contributed by atoms with Crippen molar-refractivity contribution in [2.75, 3.05) is 40.3 Å². The van der Waals surface area contributed by atoms with E-state index >= 15 is 0 Å². The van der Waals surface area contributed by atoms with Crippen LogP contribution in [-0.4, -0.2) is 73.0 Å². The van der Waals surface area contributed by atoms with Gasteiger partial charge in [0.05, 0.1) is 0 Å². The highest BCUT2D eigenvalue weighted by Gasteiger charge is 2.31. The molecular weight excluding hydrogens is 298 g/mol. The van der Waals surface area contributed by atoms with E-state index in [1.54, 1.807) is 24.3 Å². The summed E-state index contributed by atoms with van der Waals surface area (Å²) in [5.41, 5.74) is 0.713. The van der Waals surface area contributed by atoms with Crippen LogP contribution in [-0.2, 0) is 0 Å². The second-order valence-corrected chi connectivity index (χ2v) is 6.89. The first-order valence-electron chi connectivity index (χ1n) is 7.84. The number of likely N-dealkylation sites (N-methyl/N-ethyl adjacent to an activating group) is 1. The van der Waals surface area contributed by atoms with Crippen LogP contribution in [0.4, 0.5) is 0 Å². The number of hydrogen-bond acceptors (Lipinski definition) is 3. The maximum atomic E-state index is 12.6. The lowest BCUT2D eigenvalue weighted by atomic mass is 10.1. The van der Waals surface area contributed by atoms with Crippen molar-refractivity contribution >= 4 is 17.5 Å². The van der Waals surface area contributed by atoms with Crippen LogP contribution in [0.1, 0.15) is 24.2 Å². The van der Waals surface area contributed by atoms with E-state index in [0.717, 1.165) is 26.2 Å². The second-order valence-electron chi connectivity index (χ2n) is 6.46. The van der Waals surface area contributed by atoms with Gasteiger partial charge in [-0.05, 0) is 52.2 Å². The SMILES string of the molecule is CC1CN(C(=O)c2ccc(Cl)cc2)CC(C)N1CCN(C)C. The van der Waals surface area contributed by atoms with Crippen LogP contribution in [0.5, 0.6) is 0 Å². The summed E-state index contributed by atoms with van der Waals surface area (Å²) in [6, 6.07) is 7.90. The van der Waals surface area contributed by atoms with Gasteiger partial charge < -0.3 is 9.80 Å². The van der Waals surface area contributed by atoms with Gasteiger partial charge in [0.25, 0.3) is 5.91 Å². The molecule has 0 aromatic heterocycles. The predicted octanol–water partition coefficient (Wildman–Crippen LogP) is 2.44. The largest absolute Gasteiger partial charge is 0.336 e. The first kappa shape index (κ1) is 17.3. The molecule has 2 unspecified atom stereocenters. The maximum Gasteiger partial charge on any atom is 0.253 e. The average Bonchev–Trinajstić information content (AvgIpc) is 2.46. The van der Waals surface area contributed by atoms with Crippen LogP contribution < -0.4 is 0 Å². The fourth-order valence-electron chi connectivity index (χ4n) is 3.05. The van der Waals surface area contributed by atoms with Gasteiger partial charge in [0.1, 0.15) is 0 Å². The third-order valence-corrected chi connectivity index (χ3v) is 4.54. The summed E-state index contributed by atoms with van der Waals surface area (Å²) in [5, 5.41) is 0.659. The third kappa shape index (κ3) is 4.22. The summed E-state index contributed by atoms with van der Waals surface area (Å²) in [6.07, 6.45) is 0. The Kier molecular flexibility index (Phi) is 5.84. The predicted molar refractivity (Wildman–Crippen MR) is 91.5 cm³/mol. The number of benzene rings is 1. The van der Waals surface area contributed by atoms with E-state index in [0.29, 0.717) is 22.7 Å². The van der Waals surface area contributed by atoms with Gasteiger partial charge in [0.15, 0.2) is 0 Å². The fraction of sp³-hybridized carbons (Fsp3) is 0.588. The molecule has 0 aliphatic carbocycles. The van der Waals surface area contributed by atoms with Crippen molar-refractivity contribution < 1.29 is 4.79 Å². The van der Waals surface area contributed by atoms with Crippen LogP contribution in [0.25, 0.3) is 0 Å². The highest BCUT2D eigenvalue weighted by Crippen LogP contribution is 2.19. The second kappa shape index (κ2) is 7.44. The summed E-state index contributed by atoms with van der Waals surface area (Å²) in [5.74, 6) is 0.0997. The van der Waals surface area contributed by atoms with Crippen molar-refractivity contribution in [2.24, 2.45) is 0 Å². The molecule has 0 spiro atoms. The average molecular weight is 324 g/mol. The van der Waals surface area contributed by atoms with Crippen molar-refractivity contribution in [1.82, 2.24) is 14.7 Å². The van der Waals surface area contributed by atoms with E-state index in [1.165, 1.54) is 0 Å². The fourth-order valence-corrected chi connectivity index (χ4v) is 3.18. The molecule has 0 N–H and O–H groups in total. The van der Waals surface area contributed by atoms with E-state index in [2.05, 4.69) is 37.7 Å². The molecule has 1 heterocycles. The van der Waals surface area contributed by atoms with Crippen LogP contribution in [0.3, 0.4) is 0 Å². The lowest BCUT2D eigenvalue weighted by Gasteiger charge is -2.44. The summed E-state index contributed by atoms with van der Waals surface area (Å²) in [6.45, 7) is 8.04. The summed E-state index contributed by atoms with van der Waals surface area (Å²) >= 11 is 5.89. The number of hydrogen-bond donors (Lipinski definition) is 0. The van der Waals surface area contributed by atoms with Gasteiger partial charge in [0.2, 0.25) is 0 Å². The molecule has 1 saturated heterocycles. The molecule has 1 aromatic rings. The number of amides is 1. The van der Waals surface area contributed by atoms with Crippen molar-refractivity contribution in [1.29, 1.82) is 0 Å². The molecule has 22 heavy (non-hydrogen) atoms. The zero-order valence-electron chi connectivity index (χ0n) is 13.9. The molecular formula is C17H26ClN3O. The van der Waals surface area contributed by atoms with Gasteiger partial charge >= 0.3 is 0 Å². The van der Waals surface area contributed by atoms with Crippen LogP contribution in [0, 0.1) is 0 Å². The highest BCUT2D eigenvalue weighted by molar-refractivity contribution is 6.30.